The van der Waals surface area contributed by atoms with E-state index in [0.29, 0.717) is 24.8 Å². The number of anilines is 2. The molecule has 1 fully saturated rings. The van der Waals surface area contributed by atoms with Crippen molar-refractivity contribution >= 4 is 38.5 Å². The number of hydrogen-bond acceptors (Lipinski definition) is 7. The third-order valence-electron chi connectivity index (χ3n) is 5.10. The predicted octanol–water partition coefficient (Wildman–Crippen LogP) is 2.60. The van der Waals surface area contributed by atoms with E-state index in [0.717, 1.165) is 10.2 Å². The van der Waals surface area contributed by atoms with Gasteiger partial charge >= 0.3 is 6.03 Å². The molecular weight excluding hydrogens is 409 g/mol. The number of nitrogens with one attached hydrogen (secondary N) is 1. The zero-order valence-electron chi connectivity index (χ0n) is 16.3. The molecule has 2 aromatic heterocycles. The molecule has 10 heteroatoms. The van der Waals surface area contributed by atoms with Crippen LogP contribution in [0.2, 0.25) is 0 Å². The topological polar surface area (TPSA) is 102 Å². The number of halogens is 1. The lowest BCUT2D eigenvalue weighted by molar-refractivity contribution is 0.0951. The Kier molecular flexibility index (Phi) is 5.80. The number of aromatic nitrogens is 2. The lowest BCUT2D eigenvalue weighted by atomic mass is 10.1. The van der Waals surface area contributed by atoms with Gasteiger partial charge in [-0.05, 0) is 25.1 Å². The number of carbonyl (C=O) groups is 1. The summed E-state index contributed by atoms with van der Waals surface area (Å²) >= 11 is 1.42. The molecule has 30 heavy (non-hydrogen) atoms. The normalized spacial score (nSPS) is 17.9. The zero-order chi connectivity index (χ0) is 21.3. The van der Waals surface area contributed by atoms with Gasteiger partial charge in [-0.25, -0.2) is 19.2 Å². The fraction of sp³-hybridized carbons (Fsp3) is 0.350. The van der Waals surface area contributed by atoms with E-state index in [-0.39, 0.29) is 23.5 Å². The summed E-state index contributed by atoms with van der Waals surface area (Å²) in [5, 5.41) is 22.0. The first-order valence-electron chi connectivity index (χ1n) is 9.58. The fourth-order valence-electron chi connectivity index (χ4n) is 3.50. The average Bonchev–Trinajstić information content (AvgIpc) is 3.15. The predicted molar refractivity (Wildman–Crippen MR) is 113 cm³/mol. The van der Waals surface area contributed by atoms with Gasteiger partial charge in [0.2, 0.25) is 0 Å². The Morgan fingerprint density at radius 2 is 2.20 bits per heavy atom. The van der Waals surface area contributed by atoms with Gasteiger partial charge in [0.25, 0.3) is 0 Å². The number of rotatable bonds is 4. The second kappa shape index (κ2) is 8.50. The monoisotopic (exact) mass is 431 g/mol. The molecule has 0 radical (unpaired) electrons. The Bertz CT molecular complexity index is 1030. The Morgan fingerprint density at radius 3 is 2.90 bits per heavy atom. The molecule has 0 unspecified atom stereocenters. The van der Waals surface area contributed by atoms with Crippen LogP contribution in [0.25, 0.3) is 10.2 Å². The SMILES string of the molecule is C[C@H]1CN(C(=O)Nc2nc3ccccc3s2)CCN1c1ncc([C@H](O)CO)cc1F. The van der Waals surface area contributed by atoms with Gasteiger partial charge in [-0.2, -0.15) is 0 Å². The van der Waals surface area contributed by atoms with Crippen molar-refractivity contribution in [2.75, 3.05) is 36.5 Å². The number of thiazole rings is 1. The lowest BCUT2D eigenvalue weighted by Crippen LogP contribution is -2.55. The molecule has 1 aliphatic rings. The quantitative estimate of drug-likeness (QED) is 0.587. The smallest absolute Gasteiger partial charge is 0.323 e. The summed E-state index contributed by atoms with van der Waals surface area (Å²) in [5.74, 6) is -0.401. The highest BCUT2D eigenvalue weighted by Gasteiger charge is 2.29. The van der Waals surface area contributed by atoms with E-state index in [9.17, 15) is 14.3 Å². The van der Waals surface area contributed by atoms with Crippen molar-refractivity contribution < 1.29 is 19.4 Å². The van der Waals surface area contributed by atoms with Crippen LogP contribution in [0.5, 0.6) is 0 Å². The maximum atomic E-state index is 14.6. The Balaban J connectivity index is 1.41. The van der Waals surface area contributed by atoms with Gasteiger partial charge in [-0.3, -0.25) is 5.32 Å². The van der Waals surface area contributed by atoms with E-state index in [4.69, 9.17) is 5.11 Å². The molecule has 0 aliphatic carbocycles. The highest BCUT2D eigenvalue weighted by atomic mass is 32.1. The average molecular weight is 431 g/mol. The summed E-state index contributed by atoms with van der Waals surface area (Å²) in [6, 6.07) is 8.47. The van der Waals surface area contributed by atoms with Crippen LogP contribution >= 0.6 is 11.3 Å². The number of pyridine rings is 1. The number of hydrogen-bond donors (Lipinski definition) is 3. The van der Waals surface area contributed by atoms with Gasteiger partial charge in [0.15, 0.2) is 16.8 Å². The molecular formula is C20H22FN5O3S. The third kappa shape index (κ3) is 4.07. The first kappa shape index (κ1) is 20.5. The van der Waals surface area contributed by atoms with Crippen molar-refractivity contribution in [2.45, 2.75) is 19.1 Å². The number of fused-ring (bicyclic) bond motifs is 1. The molecule has 0 saturated carbocycles. The fourth-order valence-corrected chi connectivity index (χ4v) is 4.35. The molecule has 0 spiro atoms. The second-order valence-electron chi connectivity index (χ2n) is 7.18. The highest BCUT2D eigenvalue weighted by molar-refractivity contribution is 7.22. The lowest BCUT2D eigenvalue weighted by Gasteiger charge is -2.40. The first-order chi connectivity index (χ1) is 14.5. The molecule has 3 N–H and O–H groups in total. The maximum Gasteiger partial charge on any atom is 0.323 e. The molecule has 2 amide bonds. The van der Waals surface area contributed by atoms with Crippen molar-refractivity contribution in [2.24, 2.45) is 0 Å². The van der Waals surface area contributed by atoms with Crippen molar-refractivity contribution in [3.05, 3.63) is 47.9 Å². The van der Waals surface area contributed by atoms with Crippen molar-refractivity contribution in [1.29, 1.82) is 0 Å². The number of aliphatic hydroxyl groups excluding tert-OH is 2. The summed E-state index contributed by atoms with van der Waals surface area (Å²) in [7, 11) is 0. The standard InChI is InChI=1S/C20H22FN5O3S/c1-12-10-25(20(29)24-19-23-15-4-2-3-5-17(15)30-19)6-7-26(12)18-14(21)8-13(9-22-18)16(28)11-27/h2-5,8-9,12,16,27-28H,6-7,10-11H2,1H3,(H,23,24,29)/t12-,16+/m0/s1. The van der Waals surface area contributed by atoms with E-state index in [1.165, 1.54) is 23.6 Å². The van der Waals surface area contributed by atoms with Crippen LogP contribution < -0.4 is 10.2 Å². The summed E-state index contributed by atoms with van der Waals surface area (Å²) < 4.78 is 15.6. The van der Waals surface area contributed by atoms with Crippen molar-refractivity contribution in [3.63, 3.8) is 0 Å². The number of amides is 2. The van der Waals surface area contributed by atoms with E-state index in [1.54, 1.807) is 9.80 Å². The Labute approximate surface area is 176 Å². The number of nitrogens with zero attached hydrogens (tertiary/aromatic N) is 4. The van der Waals surface area contributed by atoms with Crippen molar-refractivity contribution in [3.8, 4) is 0 Å². The molecule has 0 bridgehead atoms. The summed E-state index contributed by atoms with van der Waals surface area (Å²) in [6.45, 7) is 2.62. The van der Waals surface area contributed by atoms with Crippen LogP contribution in [-0.2, 0) is 0 Å². The van der Waals surface area contributed by atoms with Crippen LogP contribution in [0.15, 0.2) is 36.5 Å². The van der Waals surface area contributed by atoms with Gasteiger partial charge in [0, 0.05) is 37.4 Å². The van der Waals surface area contributed by atoms with Gasteiger partial charge in [-0.15, -0.1) is 0 Å². The molecule has 1 aromatic carbocycles. The van der Waals surface area contributed by atoms with E-state index < -0.39 is 18.5 Å². The summed E-state index contributed by atoms with van der Waals surface area (Å²) in [6.07, 6.45) is 0.194. The highest BCUT2D eigenvalue weighted by Crippen LogP contribution is 2.27. The number of urea groups is 1. The minimum atomic E-state index is -1.17. The van der Waals surface area contributed by atoms with Crippen LogP contribution in [0.1, 0.15) is 18.6 Å². The van der Waals surface area contributed by atoms with E-state index in [1.807, 2.05) is 31.2 Å². The van der Waals surface area contributed by atoms with Gasteiger partial charge < -0.3 is 20.0 Å². The van der Waals surface area contributed by atoms with Gasteiger partial charge in [-0.1, -0.05) is 23.5 Å². The van der Waals surface area contributed by atoms with Crippen LogP contribution in [-0.4, -0.2) is 63.4 Å². The molecule has 8 nitrogen and oxygen atoms in total. The molecule has 3 heterocycles. The minimum Gasteiger partial charge on any atom is -0.393 e. The zero-order valence-corrected chi connectivity index (χ0v) is 17.1. The Hall–Kier alpha value is -2.82. The number of benzene rings is 1. The minimum absolute atomic E-state index is 0.157. The van der Waals surface area contributed by atoms with Crippen molar-refractivity contribution in [1.82, 2.24) is 14.9 Å². The molecule has 158 valence electrons. The molecule has 3 aromatic rings. The number of carbonyl (C=O) groups excluding carboxylic acids is 1. The van der Waals surface area contributed by atoms with E-state index >= 15 is 0 Å². The molecule has 4 rings (SSSR count). The summed E-state index contributed by atoms with van der Waals surface area (Å²) in [5.41, 5.74) is 1.06. The van der Waals surface area contributed by atoms with E-state index in [2.05, 4.69) is 15.3 Å². The number of para-hydroxylation sites is 1. The van der Waals surface area contributed by atoms with Crippen LogP contribution in [0, 0.1) is 5.82 Å². The Morgan fingerprint density at radius 1 is 1.40 bits per heavy atom. The van der Waals surface area contributed by atoms with Crippen LogP contribution in [0.3, 0.4) is 0 Å². The maximum absolute atomic E-state index is 14.6. The molecule has 1 saturated heterocycles. The second-order valence-corrected chi connectivity index (χ2v) is 8.21. The first-order valence-corrected chi connectivity index (χ1v) is 10.4. The largest absolute Gasteiger partial charge is 0.393 e. The van der Waals surface area contributed by atoms with Crippen LogP contribution in [0.4, 0.5) is 20.1 Å². The molecule has 1 aliphatic heterocycles. The molecule has 2 atom stereocenters. The number of piperazine rings is 1. The third-order valence-corrected chi connectivity index (χ3v) is 6.05. The summed E-state index contributed by atoms with van der Waals surface area (Å²) in [4.78, 5) is 24.7. The van der Waals surface area contributed by atoms with Gasteiger partial charge in [0.1, 0.15) is 6.10 Å². The number of aliphatic hydroxyl groups is 2. The van der Waals surface area contributed by atoms with Gasteiger partial charge in [0.05, 0.1) is 16.8 Å².